The number of urea groups is 1. The molecule has 0 radical (unpaired) electrons. The summed E-state index contributed by atoms with van der Waals surface area (Å²) < 4.78 is 1.49. The number of aryl methyl sites for hydroxylation is 1. The number of carbonyl (C=O) groups excluding carboxylic acids is 1. The molecular weight excluding hydrogens is 328 g/mol. The Morgan fingerprint density at radius 1 is 1.38 bits per heavy atom. The molecule has 1 aliphatic rings. The fourth-order valence-electron chi connectivity index (χ4n) is 2.35. The van der Waals surface area contributed by atoms with E-state index in [9.17, 15) is 9.59 Å². The van der Waals surface area contributed by atoms with Crippen LogP contribution in [0.4, 0.5) is 10.5 Å². The van der Waals surface area contributed by atoms with Crippen LogP contribution in [0.15, 0.2) is 35.4 Å². The van der Waals surface area contributed by atoms with Crippen molar-refractivity contribution in [2.75, 3.05) is 11.9 Å². The predicted octanol–water partition coefficient (Wildman–Crippen LogP) is 2.90. The van der Waals surface area contributed by atoms with Crippen molar-refractivity contribution in [1.82, 2.24) is 14.9 Å². The first-order chi connectivity index (χ1) is 11.5. The largest absolute Gasteiger partial charge is 0.336 e. The van der Waals surface area contributed by atoms with E-state index in [0.29, 0.717) is 29.7 Å². The first kappa shape index (κ1) is 16.5. The third-order valence-electron chi connectivity index (χ3n) is 3.96. The Hall–Kier alpha value is -2.34. The van der Waals surface area contributed by atoms with Crippen LogP contribution in [-0.4, -0.2) is 22.1 Å². The van der Waals surface area contributed by atoms with E-state index in [-0.39, 0.29) is 11.6 Å². The van der Waals surface area contributed by atoms with E-state index >= 15 is 0 Å². The van der Waals surface area contributed by atoms with E-state index in [1.54, 1.807) is 24.5 Å². The second kappa shape index (κ2) is 7.05. The lowest BCUT2D eigenvalue weighted by molar-refractivity contribution is 0.251. The zero-order valence-electron chi connectivity index (χ0n) is 13.4. The molecule has 1 aromatic carbocycles. The highest BCUT2D eigenvalue weighted by Crippen LogP contribution is 2.38. The summed E-state index contributed by atoms with van der Waals surface area (Å²) in [6, 6.07) is 6.56. The summed E-state index contributed by atoms with van der Waals surface area (Å²) in [6.07, 6.45) is 3.78. The van der Waals surface area contributed by atoms with Crippen LogP contribution in [0, 0.1) is 6.92 Å². The van der Waals surface area contributed by atoms with Gasteiger partial charge in [0.1, 0.15) is 0 Å². The van der Waals surface area contributed by atoms with Crippen molar-refractivity contribution in [3.63, 3.8) is 0 Å². The Balaban J connectivity index is 1.49. The molecule has 0 unspecified atom stereocenters. The van der Waals surface area contributed by atoms with Crippen LogP contribution in [0.5, 0.6) is 0 Å². The molecule has 0 saturated heterocycles. The van der Waals surface area contributed by atoms with Crippen LogP contribution in [0.25, 0.3) is 0 Å². The molecule has 3 rings (SSSR count). The number of carbonyl (C=O) groups is 1. The molecule has 2 aromatic rings. The van der Waals surface area contributed by atoms with Crippen molar-refractivity contribution >= 4 is 23.3 Å². The molecule has 126 valence electrons. The molecule has 1 fully saturated rings. The molecule has 0 aliphatic heterocycles. The molecule has 7 heteroatoms. The van der Waals surface area contributed by atoms with Crippen molar-refractivity contribution < 1.29 is 4.79 Å². The summed E-state index contributed by atoms with van der Waals surface area (Å²) in [5.41, 5.74) is 2.36. The normalized spacial score (nSPS) is 13.6. The number of nitrogens with one attached hydrogen (secondary N) is 2. The average Bonchev–Trinajstić information content (AvgIpc) is 3.37. The van der Waals surface area contributed by atoms with Crippen molar-refractivity contribution in [3.05, 3.63) is 57.2 Å². The molecule has 1 aromatic heterocycles. The zero-order chi connectivity index (χ0) is 17.1. The maximum Gasteiger partial charge on any atom is 0.319 e. The minimum Gasteiger partial charge on any atom is -0.336 e. The van der Waals surface area contributed by atoms with Gasteiger partial charge in [-0.3, -0.25) is 9.36 Å². The molecule has 0 spiro atoms. The molecule has 2 N–H and O–H groups in total. The summed E-state index contributed by atoms with van der Waals surface area (Å²) in [5, 5.41) is 6.01. The second-order valence-corrected chi connectivity index (χ2v) is 6.37. The van der Waals surface area contributed by atoms with Gasteiger partial charge in [0, 0.05) is 35.8 Å². The number of hydrogen-bond donors (Lipinski definition) is 2. The van der Waals surface area contributed by atoms with Crippen LogP contribution >= 0.6 is 11.6 Å². The van der Waals surface area contributed by atoms with Gasteiger partial charge in [-0.15, -0.1) is 0 Å². The number of rotatable bonds is 5. The van der Waals surface area contributed by atoms with Crippen LogP contribution in [0.1, 0.15) is 30.0 Å². The number of benzene rings is 1. The molecule has 1 heterocycles. The fraction of sp³-hybridized carbons (Fsp3) is 0.353. The lowest BCUT2D eigenvalue weighted by atomic mass is 10.2. The highest BCUT2D eigenvalue weighted by atomic mass is 35.5. The van der Waals surface area contributed by atoms with E-state index in [1.165, 1.54) is 4.57 Å². The van der Waals surface area contributed by atoms with Crippen LogP contribution in [0.3, 0.4) is 0 Å². The molecule has 24 heavy (non-hydrogen) atoms. The minimum atomic E-state index is -0.342. The monoisotopic (exact) mass is 346 g/mol. The smallest absolute Gasteiger partial charge is 0.319 e. The summed E-state index contributed by atoms with van der Waals surface area (Å²) in [5.74, 6) is 0.456. The van der Waals surface area contributed by atoms with Crippen molar-refractivity contribution in [1.29, 1.82) is 0 Å². The number of aromatic nitrogens is 2. The fourth-order valence-corrected chi connectivity index (χ4v) is 2.53. The lowest BCUT2D eigenvalue weighted by Gasteiger charge is -2.10. The molecule has 0 bridgehead atoms. The van der Waals surface area contributed by atoms with Gasteiger partial charge in [-0.1, -0.05) is 17.7 Å². The maximum atomic E-state index is 12.0. The third-order valence-corrected chi connectivity index (χ3v) is 4.37. The van der Waals surface area contributed by atoms with E-state index in [1.807, 2.05) is 13.0 Å². The van der Waals surface area contributed by atoms with Gasteiger partial charge < -0.3 is 10.6 Å². The SMILES string of the molecule is Cc1ccc(NC(=O)NCCn2cnc(C3CC3)cc2=O)cc1Cl. The predicted molar refractivity (Wildman–Crippen MR) is 93.7 cm³/mol. The molecule has 2 amide bonds. The standard InChI is InChI=1S/C17H19ClN4O2/c1-11-2-5-13(8-14(11)18)21-17(24)19-6-7-22-10-20-15(9-16(22)23)12-3-4-12/h2,5,8-10,12H,3-4,6-7H2,1H3,(H2,19,21,24). The second-order valence-electron chi connectivity index (χ2n) is 5.96. The number of anilines is 1. The van der Waals surface area contributed by atoms with E-state index in [4.69, 9.17) is 11.6 Å². The first-order valence-corrected chi connectivity index (χ1v) is 8.28. The van der Waals surface area contributed by atoms with E-state index in [2.05, 4.69) is 15.6 Å². The summed E-state index contributed by atoms with van der Waals surface area (Å²) >= 11 is 6.02. The molecule has 1 saturated carbocycles. The van der Waals surface area contributed by atoms with E-state index < -0.39 is 0 Å². The Kier molecular flexibility index (Phi) is 4.85. The average molecular weight is 347 g/mol. The molecular formula is C17H19ClN4O2. The number of nitrogens with zero attached hydrogens (tertiary/aromatic N) is 2. The van der Waals surface area contributed by atoms with Crippen molar-refractivity contribution in [3.8, 4) is 0 Å². The quantitative estimate of drug-likeness (QED) is 0.874. The zero-order valence-corrected chi connectivity index (χ0v) is 14.1. The number of halogens is 1. The van der Waals surface area contributed by atoms with Gasteiger partial charge in [0.15, 0.2) is 0 Å². The highest BCUT2D eigenvalue weighted by Gasteiger charge is 2.25. The number of amides is 2. The highest BCUT2D eigenvalue weighted by molar-refractivity contribution is 6.31. The van der Waals surface area contributed by atoms with Gasteiger partial charge in [-0.25, -0.2) is 9.78 Å². The molecule has 1 aliphatic carbocycles. The van der Waals surface area contributed by atoms with Crippen molar-refractivity contribution in [2.24, 2.45) is 0 Å². The van der Waals surface area contributed by atoms with Crippen LogP contribution in [-0.2, 0) is 6.54 Å². The topological polar surface area (TPSA) is 76.0 Å². The summed E-state index contributed by atoms with van der Waals surface area (Å²) in [6.45, 7) is 2.60. The minimum absolute atomic E-state index is 0.0839. The van der Waals surface area contributed by atoms with Gasteiger partial charge in [0.25, 0.3) is 5.56 Å². The van der Waals surface area contributed by atoms with Gasteiger partial charge in [0.2, 0.25) is 0 Å². The van der Waals surface area contributed by atoms with Crippen LogP contribution in [0.2, 0.25) is 5.02 Å². The Morgan fingerprint density at radius 3 is 2.83 bits per heavy atom. The molecule has 0 atom stereocenters. The Morgan fingerprint density at radius 2 is 2.17 bits per heavy atom. The molecule has 6 nitrogen and oxygen atoms in total. The van der Waals surface area contributed by atoms with Crippen LogP contribution < -0.4 is 16.2 Å². The Labute approximate surface area is 144 Å². The first-order valence-electron chi connectivity index (χ1n) is 7.90. The lowest BCUT2D eigenvalue weighted by Crippen LogP contribution is -2.33. The van der Waals surface area contributed by atoms with Gasteiger partial charge >= 0.3 is 6.03 Å². The van der Waals surface area contributed by atoms with Crippen molar-refractivity contribution in [2.45, 2.75) is 32.2 Å². The van der Waals surface area contributed by atoms with Gasteiger partial charge in [0.05, 0.1) is 12.0 Å². The third kappa shape index (κ3) is 4.14. The Bertz CT molecular complexity index is 814. The van der Waals surface area contributed by atoms with Gasteiger partial charge in [-0.2, -0.15) is 0 Å². The van der Waals surface area contributed by atoms with Gasteiger partial charge in [-0.05, 0) is 37.5 Å². The van der Waals surface area contributed by atoms with E-state index in [0.717, 1.165) is 24.1 Å². The maximum absolute atomic E-state index is 12.0. The summed E-state index contributed by atoms with van der Waals surface area (Å²) in [4.78, 5) is 28.2. The number of hydrogen-bond acceptors (Lipinski definition) is 3. The summed E-state index contributed by atoms with van der Waals surface area (Å²) in [7, 11) is 0.